The van der Waals surface area contributed by atoms with Gasteiger partial charge >= 0.3 is 0 Å². The molecule has 0 aromatic carbocycles. The van der Waals surface area contributed by atoms with Crippen LogP contribution in [0.4, 0.5) is 5.82 Å². The Labute approximate surface area is 108 Å². The van der Waals surface area contributed by atoms with Gasteiger partial charge < -0.3 is 10.6 Å². The number of hydrogen-bond donors (Lipinski definition) is 1. The van der Waals surface area contributed by atoms with Crippen LogP contribution in [0.25, 0.3) is 0 Å². The minimum atomic E-state index is 0.411. The quantitative estimate of drug-likeness (QED) is 0.835. The van der Waals surface area contributed by atoms with Crippen LogP contribution < -0.4 is 10.6 Å². The molecule has 1 saturated heterocycles. The van der Waals surface area contributed by atoms with Crippen molar-refractivity contribution in [1.29, 1.82) is 0 Å². The number of hydrogen-bond acceptors (Lipinski definition) is 3. The molecule has 1 aliphatic rings. The van der Waals surface area contributed by atoms with Crippen LogP contribution in [0.1, 0.15) is 31.7 Å². The van der Waals surface area contributed by atoms with E-state index < -0.39 is 0 Å². The van der Waals surface area contributed by atoms with Gasteiger partial charge in [0.15, 0.2) is 0 Å². The van der Waals surface area contributed by atoms with Crippen LogP contribution in [0.5, 0.6) is 0 Å². The second kappa shape index (κ2) is 5.45. The molecule has 0 radical (unpaired) electrons. The van der Waals surface area contributed by atoms with Gasteiger partial charge in [-0.15, -0.1) is 0 Å². The van der Waals surface area contributed by atoms with Crippen molar-refractivity contribution < 1.29 is 0 Å². The van der Waals surface area contributed by atoms with Crippen LogP contribution in [-0.2, 0) is 0 Å². The number of nitrogens with two attached hydrogens (primary N) is 1. The summed E-state index contributed by atoms with van der Waals surface area (Å²) >= 11 is 4.92. The van der Waals surface area contributed by atoms with E-state index in [9.17, 15) is 0 Å². The summed E-state index contributed by atoms with van der Waals surface area (Å²) in [6.07, 6.45) is 5.63. The maximum atomic E-state index is 5.56. The van der Waals surface area contributed by atoms with Gasteiger partial charge in [-0.2, -0.15) is 0 Å². The number of thiocarbonyl (C=S) groups is 1. The molecule has 3 nitrogen and oxygen atoms in total. The van der Waals surface area contributed by atoms with E-state index in [0.717, 1.165) is 30.4 Å². The van der Waals surface area contributed by atoms with Crippen molar-refractivity contribution in [2.45, 2.75) is 26.2 Å². The maximum absolute atomic E-state index is 5.56. The molecule has 0 saturated carbocycles. The summed E-state index contributed by atoms with van der Waals surface area (Å²) in [4.78, 5) is 7.22. The lowest BCUT2D eigenvalue weighted by atomic mass is 9.96. The molecule has 2 N–H and O–H groups in total. The van der Waals surface area contributed by atoms with E-state index in [1.165, 1.54) is 19.3 Å². The fourth-order valence-corrected chi connectivity index (χ4v) is 2.45. The standard InChI is InChI=1S/C13H19N3S/c1-2-10-4-3-7-16(9-10)12-6-5-11(8-15-12)13(14)17/h5-6,8,10H,2-4,7,9H2,1H3,(H2,14,17). The Kier molecular flexibility index (Phi) is 3.94. The second-order valence-electron chi connectivity index (χ2n) is 4.63. The normalized spacial score (nSPS) is 20.3. The van der Waals surface area contributed by atoms with Crippen molar-refractivity contribution in [2.24, 2.45) is 11.7 Å². The number of piperidine rings is 1. The van der Waals surface area contributed by atoms with E-state index in [-0.39, 0.29) is 0 Å². The molecule has 1 unspecified atom stereocenters. The molecule has 1 fully saturated rings. The van der Waals surface area contributed by atoms with Crippen LogP contribution in [0.3, 0.4) is 0 Å². The number of pyridine rings is 1. The van der Waals surface area contributed by atoms with Gasteiger partial charge in [0.25, 0.3) is 0 Å². The third-order valence-corrected chi connectivity index (χ3v) is 3.69. The lowest BCUT2D eigenvalue weighted by Crippen LogP contribution is -2.35. The predicted octanol–water partition coefficient (Wildman–Crippen LogP) is 2.34. The molecule has 2 heterocycles. The lowest BCUT2D eigenvalue weighted by Gasteiger charge is -2.33. The van der Waals surface area contributed by atoms with Crippen LogP contribution in [0.15, 0.2) is 18.3 Å². The van der Waals surface area contributed by atoms with E-state index in [0.29, 0.717) is 4.99 Å². The van der Waals surface area contributed by atoms with Crippen molar-refractivity contribution in [3.8, 4) is 0 Å². The molecular weight excluding hydrogens is 230 g/mol. The van der Waals surface area contributed by atoms with Gasteiger partial charge in [0.05, 0.1) is 0 Å². The third kappa shape index (κ3) is 2.94. The maximum Gasteiger partial charge on any atom is 0.128 e. The summed E-state index contributed by atoms with van der Waals surface area (Å²) in [6.45, 7) is 4.49. The van der Waals surface area contributed by atoms with Crippen molar-refractivity contribution in [3.05, 3.63) is 23.9 Å². The van der Waals surface area contributed by atoms with Gasteiger partial charge in [-0.3, -0.25) is 0 Å². The third-order valence-electron chi connectivity index (χ3n) is 3.45. The summed E-state index contributed by atoms with van der Waals surface area (Å²) in [6, 6.07) is 3.98. The fraction of sp³-hybridized carbons (Fsp3) is 0.538. The highest BCUT2D eigenvalue weighted by atomic mass is 32.1. The van der Waals surface area contributed by atoms with E-state index in [1.807, 2.05) is 12.1 Å². The minimum Gasteiger partial charge on any atom is -0.389 e. The molecule has 1 atom stereocenters. The lowest BCUT2D eigenvalue weighted by molar-refractivity contribution is 0.403. The molecule has 2 rings (SSSR count). The van der Waals surface area contributed by atoms with Gasteiger partial charge in [-0.25, -0.2) is 4.98 Å². The minimum absolute atomic E-state index is 0.411. The van der Waals surface area contributed by atoms with Crippen molar-refractivity contribution in [3.63, 3.8) is 0 Å². The summed E-state index contributed by atoms with van der Waals surface area (Å²) in [5.41, 5.74) is 6.40. The largest absolute Gasteiger partial charge is 0.389 e. The van der Waals surface area contributed by atoms with Crippen molar-refractivity contribution >= 4 is 23.0 Å². The molecule has 1 aliphatic heterocycles. The van der Waals surface area contributed by atoms with E-state index in [2.05, 4.69) is 16.8 Å². The van der Waals surface area contributed by atoms with Crippen LogP contribution in [0, 0.1) is 5.92 Å². The molecule has 92 valence electrons. The highest BCUT2D eigenvalue weighted by Crippen LogP contribution is 2.23. The zero-order valence-electron chi connectivity index (χ0n) is 10.2. The molecule has 0 bridgehead atoms. The second-order valence-corrected chi connectivity index (χ2v) is 5.07. The van der Waals surface area contributed by atoms with Crippen LogP contribution in [0.2, 0.25) is 0 Å². The first-order chi connectivity index (χ1) is 8.20. The number of aromatic nitrogens is 1. The number of rotatable bonds is 3. The fourth-order valence-electron chi connectivity index (χ4n) is 2.33. The Morgan fingerprint density at radius 3 is 3.00 bits per heavy atom. The highest BCUT2D eigenvalue weighted by molar-refractivity contribution is 7.80. The topological polar surface area (TPSA) is 42.1 Å². The summed E-state index contributed by atoms with van der Waals surface area (Å²) in [5, 5.41) is 0. The molecule has 1 aromatic rings. The SMILES string of the molecule is CCC1CCCN(c2ccc(C(N)=S)cn2)C1. The Morgan fingerprint density at radius 2 is 2.41 bits per heavy atom. The van der Waals surface area contributed by atoms with E-state index in [4.69, 9.17) is 18.0 Å². The number of anilines is 1. The molecule has 0 amide bonds. The molecule has 0 aliphatic carbocycles. The molecular formula is C13H19N3S. The Bertz CT molecular complexity index is 388. The Morgan fingerprint density at radius 1 is 1.59 bits per heavy atom. The predicted molar refractivity (Wildman–Crippen MR) is 75.4 cm³/mol. The Balaban J connectivity index is 2.08. The van der Waals surface area contributed by atoms with Gasteiger partial charge in [0.2, 0.25) is 0 Å². The van der Waals surface area contributed by atoms with Gasteiger partial charge in [-0.05, 0) is 30.9 Å². The summed E-state index contributed by atoms with van der Waals surface area (Å²) in [5.74, 6) is 1.85. The Hall–Kier alpha value is -1.16. The van der Waals surface area contributed by atoms with Gasteiger partial charge in [0, 0.05) is 24.8 Å². The number of nitrogens with zero attached hydrogens (tertiary/aromatic N) is 2. The summed E-state index contributed by atoms with van der Waals surface area (Å²) in [7, 11) is 0. The first kappa shape index (κ1) is 12.3. The molecule has 1 aromatic heterocycles. The highest BCUT2D eigenvalue weighted by Gasteiger charge is 2.19. The average Bonchev–Trinajstić information content (AvgIpc) is 2.39. The van der Waals surface area contributed by atoms with Gasteiger partial charge in [-0.1, -0.05) is 25.6 Å². The zero-order chi connectivity index (χ0) is 12.3. The van der Waals surface area contributed by atoms with Crippen molar-refractivity contribution in [2.75, 3.05) is 18.0 Å². The van der Waals surface area contributed by atoms with E-state index >= 15 is 0 Å². The van der Waals surface area contributed by atoms with Crippen LogP contribution in [-0.4, -0.2) is 23.1 Å². The molecule has 4 heteroatoms. The first-order valence-electron chi connectivity index (χ1n) is 6.21. The van der Waals surface area contributed by atoms with Crippen LogP contribution >= 0.6 is 12.2 Å². The smallest absolute Gasteiger partial charge is 0.128 e. The molecule has 17 heavy (non-hydrogen) atoms. The van der Waals surface area contributed by atoms with Crippen molar-refractivity contribution in [1.82, 2.24) is 4.98 Å². The zero-order valence-corrected chi connectivity index (χ0v) is 11.0. The molecule has 0 spiro atoms. The van der Waals surface area contributed by atoms with E-state index in [1.54, 1.807) is 6.20 Å². The van der Waals surface area contributed by atoms with Gasteiger partial charge in [0.1, 0.15) is 10.8 Å². The average molecular weight is 249 g/mol. The summed E-state index contributed by atoms with van der Waals surface area (Å²) < 4.78 is 0. The first-order valence-corrected chi connectivity index (χ1v) is 6.62. The monoisotopic (exact) mass is 249 g/mol.